The topological polar surface area (TPSA) is 24.5 Å². The van der Waals surface area contributed by atoms with Crippen molar-refractivity contribution in [2.45, 2.75) is 44.4 Å². The van der Waals surface area contributed by atoms with E-state index in [0.29, 0.717) is 6.10 Å². The molecule has 3 rings (SSSR count). The van der Waals surface area contributed by atoms with Crippen LogP contribution in [-0.4, -0.2) is 32.3 Å². The van der Waals surface area contributed by atoms with E-state index >= 15 is 0 Å². The lowest BCUT2D eigenvalue weighted by atomic mass is 10.0. The minimum Gasteiger partial charge on any atom is -0.380 e. The van der Waals surface area contributed by atoms with Gasteiger partial charge in [-0.15, -0.1) is 0 Å². The van der Waals surface area contributed by atoms with Crippen LogP contribution in [0.3, 0.4) is 0 Å². The monoisotopic (exact) mass is 260 g/mol. The van der Waals surface area contributed by atoms with Gasteiger partial charge in [0.2, 0.25) is 0 Å². The molecule has 3 nitrogen and oxygen atoms in total. The summed E-state index contributed by atoms with van der Waals surface area (Å²) in [7, 11) is 1.83. The van der Waals surface area contributed by atoms with Crippen LogP contribution in [0.5, 0.6) is 0 Å². The molecule has 1 atom stereocenters. The summed E-state index contributed by atoms with van der Waals surface area (Å²) in [6.45, 7) is 3.17. The van der Waals surface area contributed by atoms with Crippen molar-refractivity contribution in [2.75, 3.05) is 25.1 Å². The van der Waals surface area contributed by atoms with Crippen molar-refractivity contribution in [1.29, 1.82) is 0 Å². The molecule has 1 aromatic carbocycles. The van der Waals surface area contributed by atoms with Gasteiger partial charge in [0.05, 0.1) is 6.10 Å². The third-order valence-corrected chi connectivity index (χ3v) is 4.20. The van der Waals surface area contributed by atoms with Crippen LogP contribution in [0.25, 0.3) is 0 Å². The number of hydrogen-bond acceptors (Lipinski definition) is 3. The second-order valence-corrected chi connectivity index (χ2v) is 5.73. The van der Waals surface area contributed by atoms with E-state index in [1.807, 2.05) is 7.11 Å². The molecule has 1 saturated carbocycles. The lowest BCUT2D eigenvalue weighted by molar-refractivity contribution is 0.0893. The van der Waals surface area contributed by atoms with E-state index in [1.165, 1.54) is 36.9 Å². The Kier molecular flexibility index (Phi) is 4.04. The molecule has 0 radical (unpaired) electrons. The zero-order valence-corrected chi connectivity index (χ0v) is 11.8. The van der Waals surface area contributed by atoms with Crippen LogP contribution in [0.4, 0.5) is 5.69 Å². The molecule has 0 amide bonds. The molecule has 1 unspecified atom stereocenters. The highest BCUT2D eigenvalue weighted by Gasteiger charge is 2.23. The molecule has 2 aliphatic rings. The number of anilines is 1. The predicted molar refractivity (Wildman–Crippen MR) is 78.5 cm³/mol. The van der Waals surface area contributed by atoms with Gasteiger partial charge in [-0.05, 0) is 37.3 Å². The molecule has 104 valence electrons. The highest BCUT2D eigenvalue weighted by atomic mass is 16.5. The molecule has 1 saturated heterocycles. The van der Waals surface area contributed by atoms with E-state index < -0.39 is 0 Å². The molecular weight excluding hydrogens is 236 g/mol. The van der Waals surface area contributed by atoms with Crippen LogP contribution in [0.1, 0.15) is 31.2 Å². The average molecular weight is 260 g/mol. The third-order valence-electron chi connectivity index (χ3n) is 4.20. The van der Waals surface area contributed by atoms with E-state index in [1.54, 1.807) is 0 Å². The van der Waals surface area contributed by atoms with Crippen molar-refractivity contribution in [2.24, 2.45) is 0 Å². The second-order valence-electron chi connectivity index (χ2n) is 5.73. The Balaban J connectivity index is 1.70. The lowest BCUT2D eigenvalue weighted by Gasteiger charge is -2.35. The van der Waals surface area contributed by atoms with E-state index in [9.17, 15) is 0 Å². The smallest absolute Gasteiger partial charge is 0.0746 e. The first-order valence-electron chi connectivity index (χ1n) is 7.46. The third kappa shape index (κ3) is 3.28. The van der Waals surface area contributed by atoms with Crippen molar-refractivity contribution in [1.82, 2.24) is 5.32 Å². The quantitative estimate of drug-likeness (QED) is 0.880. The summed E-state index contributed by atoms with van der Waals surface area (Å²) in [6.07, 6.45) is 5.49. The molecule has 1 N–H and O–H groups in total. The number of benzene rings is 1. The fraction of sp³-hybridized carbons (Fsp3) is 0.625. The van der Waals surface area contributed by atoms with Gasteiger partial charge in [0.25, 0.3) is 0 Å². The van der Waals surface area contributed by atoms with Crippen molar-refractivity contribution >= 4 is 5.69 Å². The molecule has 3 heteroatoms. The van der Waals surface area contributed by atoms with Gasteiger partial charge in [0.15, 0.2) is 0 Å². The zero-order valence-electron chi connectivity index (χ0n) is 11.8. The van der Waals surface area contributed by atoms with Gasteiger partial charge in [-0.25, -0.2) is 0 Å². The number of methoxy groups -OCH3 is 1. The van der Waals surface area contributed by atoms with Crippen LogP contribution in [0, 0.1) is 0 Å². The van der Waals surface area contributed by atoms with E-state index in [2.05, 4.69) is 34.5 Å². The van der Waals surface area contributed by atoms with Crippen LogP contribution in [0.2, 0.25) is 0 Å². The number of nitrogens with zero attached hydrogens (tertiary/aromatic N) is 1. The Morgan fingerprint density at radius 2 is 2.11 bits per heavy atom. The molecule has 2 fully saturated rings. The first-order valence-corrected chi connectivity index (χ1v) is 7.46. The SMILES string of the molecule is COC1CCCN(c2ccccc2CNC2CC2)C1. The molecule has 1 aliphatic heterocycles. The van der Waals surface area contributed by atoms with Crippen LogP contribution < -0.4 is 10.2 Å². The number of rotatable bonds is 5. The fourth-order valence-electron chi connectivity index (χ4n) is 2.86. The number of hydrogen-bond donors (Lipinski definition) is 1. The van der Waals surface area contributed by atoms with Crippen LogP contribution in [0.15, 0.2) is 24.3 Å². The Hall–Kier alpha value is -1.06. The molecular formula is C16H24N2O. The van der Waals surface area contributed by atoms with Gasteiger partial charge in [0.1, 0.15) is 0 Å². The number of ether oxygens (including phenoxy) is 1. The molecule has 1 aliphatic carbocycles. The molecule has 0 spiro atoms. The number of nitrogens with one attached hydrogen (secondary N) is 1. The van der Waals surface area contributed by atoms with Crippen molar-refractivity contribution in [3.05, 3.63) is 29.8 Å². The second kappa shape index (κ2) is 5.93. The first-order chi connectivity index (χ1) is 9.36. The highest BCUT2D eigenvalue weighted by molar-refractivity contribution is 5.54. The van der Waals surface area contributed by atoms with Gasteiger partial charge in [-0.1, -0.05) is 18.2 Å². The van der Waals surface area contributed by atoms with Gasteiger partial charge < -0.3 is 15.0 Å². The molecule has 1 heterocycles. The molecule has 19 heavy (non-hydrogen) atoms. The summed E-state index contributed by atoms with van der Waals surface area (Å²) in [6, 6.07) is 9.56. The minimum atomic E-state index is 0.387. The molecule has 0 bridgehead atoms. The van der Waals surface area contributed by atoms with Gasteiger partial charge in [-0.2, -0.15) is 0 Å². The van der Waals surface area contributed by atoms with Crippen LogP contribution >= 0.6 is 0 Å². The summed E-state index contributed by atoms with van der Waals surface area (Å²) in [5.74, 6) is 0. The maximum atomic E-state index is 5.53. The maximum Gasteiger partial charge on any atom is 0.0746 e. The van der Waals surface area contributed by atoms with Crippen molar-refractivity contribution in [3.63, 3.8) is 0 Å². The number of piperidine rings is 1. The summed E-state index contributed by atoms with van der Waals surface area (Å²) in [4.78, 5) is 2.49. The highest BCUT2D eigenvalue weighted by Crippen LogP contribution is 2.26. The normalized spacial score (nSPS) is 23.6. The van der Waals surface area contributed by atoms with Gasteiger partial charge in [0, 0.05) is 38.5 Å². The molecule has 1 aromatic rings. The summed E-state index contributed by atoms with van der Waals surface area (Å²) >= 11 is 0. The average Bonchev–Trinajstić information content (AvgIpc) is 3.30. The van der Waals surface area contributed by atoms with Gasteiger partial charge in [-0.3, -0.25) is 0 Å². The van der Waals surface area contributed by atoms with Gasteiger partial charge >= 0.3 is 0 Å². The lowest BCUT2D eigenvalue weighted by Crippen LogP contribution is -2.39. The zero-order chi connectivity index (χ0) is 13.1. The van der Waals surface area contributed by atoms with E-state index in [4.69, 9.17) is 4.74 Å². The Morgan fingerprint density at radius 1 is 1.26 bits per heavy atom. The van der Waals surface area contributed by atoms with E-state index in [-0.39, 0.29) is 0 Å². The molecule has 0 aromatic heterocycles. The largest absolute Gasteiger partial charge is 0.380 e. The van der Waals surface area contributed by atoms with Crippen LogP contribution in [-0.2, 0) is 11.3 Å². The summed E-state index contributed by atoms with van der Waals surface area (Å²) in [5, 5.41) is 3.62. The maximum absolute atomic E-state index is 5.53. The standard InChI is InChI=1S/C16H24N2O/c1-19-15-6-4-10-18(12-15)16-7-3-2-5-13(16)11-17-14-8-9-14/h2-3,5,7,14-15,17H,4,6,8-12H2,1H3. The first kappa shape index (κ1) is 12.9. The summed E-state index contributed by atoms with van der Waals surface area (Å²) < 4.78 is 5.53. The summed E-state index contributed by atoms with van der Waals surface area (Å²) in [5.41, 5.74) is 2.81. The minimum absolute atomic E-state index is 0.387. The Labute approximate surface area is 115 Å². The Morgan fingerprint density at radius 3 is 2.89 bits per heavy atom. The number of para-hydroxylation sites is 1. The van der Waals surface area contributed by atoms with Crippen molar-refractivity contribution in [3.8, 4) is 0 Å². The van der Waals surface area contributed by atoms with E-state index in [0.717, 1.165) is 25.7 Å². The fourth-order valence-corrected chi connectivity index (χ4v) is 2.86. The Bertz CT molecular complexity index is 417. The predicted octanol–water partition coefficient (Wildman–Crippen LogP) is 2.55. The van der Waals surface area contributed by atoms with Crippen molar-refractivity contribution < 1.29 is 4.74 Å².